The molecule has 0 atom stereocenters. The SMILES string of the molecule is CC(C)(C)OC(=O)N1CCN(c2nc(Br)cn3cc(C(=O)[O-])nc23)CC1.[Li+]. The van der Waals surface area contributed by atoms with Gasteiger partial charge in [0.25, 0.3) is 0 Å². The largest absolute Gasteiger partial charge is 1.00 e. The second-order valence-electron chi connectivity index (χ2n) is 6.99. The van der Waals surface area contributed by atoms with E-state index in [1.54, 1.807) is 15.5 Å². The number of imidazole rings is 1. The molecule has 3 rings (SSSR count). The number of fused-ring (bicyclic) bond motifs is 1. The van der Waals surface area contributed by atoms with E-state index in [-0.39, 0.29) is 30.6 Å². The molecule has 1 aliphatic heterocycles. The van der Waals surface area contributed by atoms with E-state index in [4.69, 9.17) is 4.74 Å². The van der Waals surface area contributed by atoms with Crippen molar-refractivity contribution < 1.29 is 38.3 Å². The normalized spacial score (nSPS) is 14.8. The van der Waals surface area contributed by atoms with Crippen molar-refractivity contribution in [3.05, 3.63) is 22.7 Å². The Morgan fingerprint density at radius 3 is 2.33 bits per heavy atom. The van der Waals surface area contributed by atoms with E-state index in [2.05, 4.69) is 25.9 Å². The minimum atomic E-state index is -1.34. The van der Waals surface area contributed by atoms with E-state index < -0.39 is 11.6 Å². The number of ether oxygens (including phenoxy) is 1. The number of piperazine rings is 1. The molecule has 2 aromatic rings. The summed E-state index contributed by atoms with van der Waals surface area (Å²) in [5.41, 5.74) is -0.264. The third-order valence-corrected chi connectivity index (χ3v) is 4.21. The summed E-state index contributed by atoms with van der Waals surface area (Å²) in [6.07, 6.45) is 2.68. The van der Waals surface area contributed by atoms with Crippen LogP contribution in [0.1, 0.15) is 31.3 Å². The molecule has 0 aromatic carbocycles. The molecule has 0 unspecified atom stereocenters. The van der Waals surface area contributed by atoms with Crippen molar-refractivity contribution in [3.63, 3.8) is 0 Å². The number of carbonyl (C=O) groups is 2. The van der Waals surface area contributed by atoms with Gasteiger partial charge in [-0.3, -0.25) is 0 Å². The Kier molecular flexibility index (Phi) is 6.45. The Morgan fingerprint density at radius 1 is 1.15 bits per heavy atom. The Balaban J connectivity index is 0.00000261. The van der Waals surface area contributed by atoms with Gasteiger partial charge in [0.15, 0.2) is 11.5 Å². The van der Waals surface area contributed by atoms with E-state index in [0.717, 1.165) is 0 Å². The van der Waals surface area contributed by atoms with E-state index in [9.17, 15) is 14.7 Å². The summed E-state index contributed by atoms with van der Waals surface area (Å²) < 4.78 is 7.54. The molecule has 2 aromatic heterocycles. The number of aromatic nitrogens is 3. The van der Waals surface area contributed by atoms with Crippen molar-refractivity contribution in [1.82, 2.24) is 19.3 Å². The van der Waals surface area contributed by atoms with Gasteiger partial charge in [0.1, 0.15) is 15.9 Å². The molecule has 1 amide bonds. The zero-order valence-corrected chi connectivity index (χ0v) is 17.3. The summed E-state index contributed by atoms with van der Waals surface area (Å²) in [7, 11) is 0. The fourth-order valence-electron chi connectivity index (χ4n) is 2.69. The predicted molar refractivity (Wildman–Crippen MR) is 95.0 cm³/mol. The number of hydrogen-bond donors (Lipinski definition) is 0. The number of rotatable bonds is 2. The molecule has 0 radical (unpaired) electrons. The van der Waals surface area contributed by atoms with Crippen LogP contribution in [0, 0.1) is 0 Å². The number of halogens is 1. The van der Waals surface area contributed by atoms with Gasteiger partial charge in [-0.1, -0.05) is 0 Å². The van der Waals surface area contributed by atoms with Crippen LogP contribution in [0.5, 0.6) is 0 Å². The summed E-state index contributed by atoms with van der Waals surface area (Å²) >= 11 is 3.33. The number of hydrogen-bond acceptors (Lipinski definition) is 7. The zero-order chi connectivity index (χ0) is 19.1. The number of anilines is 1. The van der Waals surface area contributed by atoms with E-state index >= 15 is 0 Å². The maximum absolute atomic E-state index is 12.2. The predicted octanol–water partition coefficient (Wildman–Crippen LogP) is -2.08. The second-order valence-corrected chi connectivity index (χ2v) is 7.80. The number of carboxylic acid groups (broad SMARTS) is 1. The fourth-order valence-corrected chi connectivity index (χ4v) is 3.08. The molecular weight excluding hydrogens is 413 g/mol. The summed E-state index contributed by atoms with van der Waals surface area (Å²) in [6, 6.07) is 0. The average Bonchev–Trinajstić information content (AvgIpc) is 2.96. The van der Waals surface area contributed by atoms with E-state index in [1.165, 1.54) is 6.20 Å². The minimum absolute atomic E-state index is 0. The molecule has 1 aliphatic rings. The van der Waals surface area contributed by atoms with Gasteiger partial charge < -0.3 is 28.8 Å². The molecule has 0 N–H and O–H groups in total. The maximum Gasteiger partial charge on any atom is 1.00 e. The van der Waals surface area contributed by atoms with Gasteiger partial charge in [0.2, 0.25) is 0 Å². The monoisotopic (exact) mass is 431 g/mol. The summed E-state index contributed by atoms with van der Waals surface area (Å²) in [5.74, 6) is -0.791. The zero-order valence-electron chi connectivity index (χ0n) is 15.7. The Labute approximate surface area is 177 Å². The number of amides is 1. The van der Waals surface area contributed by atoms with Crippen molar-refractivity contribution >= 4 is 39.5 Å². The van der Waals surface area contributed by atoms with Gasteiger partial charge in [0, 0.05) is 38.6 Å². The maximum atomic E-state index is 12.2. The topological polar surface area (TPSA) is 103 Å². The molecule has 3 heterocycles. The molecular formula is C16H19BrLiN5O4. The molecule has 1 saturated heterocycles. The van der Waals surface area contributed by atoms with Crippen LogP contribution in [-0.2, 0) is 4.74 Å². The number of aromatic carboxylic acids is 1. The molecule has 0 spiro atoms. The van der Waals surface area contributed by atoms with Gasteiger partial charge in [-0.15, -0.1) is 0 Å². The quantitative estimate of drug-likeness (QED) is 0.502. The first kappa shape index (κ1) is 21.5. The van der Waals surface area contributed by atoms with E-state index in [0.29, 0.717) is 42.2 Å². The van der Waals surface area contributed by atoms with Gasteiger partial charge >= 0.3 is 25.0 Å². The minimum Gasteiger partial charge on any atom is -0.543 e. The van der Waals surface area contributed by atoms with Gasteiger partial charge in [-0.05, 0) is 36.7 Å². The van der Waals surface area contributed by atoms with Crippen molar-refractivity contribution in [1.29, 1.82) is 0 Å². The van der Waals surface area contributed by atoms with Crippen LogP contribution >= 0.6 is 15.9 Å². The summed E-state index contributed by atoms with van der Waals surface area (Å²) in [6.45, 7) is 7.51. The van der Waals surface area contributed by atoms with E-state index in [1.807, 2.05) is 25.7 Å². The number of carbonyl (C=O) groups excluding carboxylic acids is 2. The van der Waals surface area contributed by atoms with Crippen molar-refractivity contribution in [2.45, 2.75) is 26.4 Å². The third kappa shape index (κ3) is 4.94. The Hall–Kier alpha value is -1.76. The van der Waals surface area contributed by atoms with Crippen molar-refractivity contribution in [2.75, 3.05) is 31.1 Å². The third-order valence-electron chi connectivity index (χ3n) is 3.83. The van der Waals surface area contributed by atoms with Gasteiger partial charge in [-0.25, -0.2) is 14.8 Å². The molecule has 140 valence electrons. The standard InChI is InChI=1S/C16H20BrN5O4.Li/c1-16(2,3)26-15(25)21-6-4-20(5-7-21)13-12-18-10(14(23)24)8-22(12)9-11(17)19-13;/h8-9H,4-7H2,1-3H3,(H,23,24);/q;+1/p-1. The second kappa shape index (κ2) is 8.08. The Morgan fingerprint density at radius 2 is 1.78 bits per heavy atom. The van der Waals surface area contributed by atoms with Crippen LogP contribution < -0.4 is 28.9 Å². The van der Waals surface area contributed by atoms with Crippen LogP contribution in [0.4, 0.5) is 10.6 Å². The molecule has 9 nitrogen and oxygen atoms in total. The molecule has 1 fully saturated rings. The van der Waals surface area contributed by atoms with Crippen LogP contribution in [0.2, 0.25) is 0 Å². The fraction of sp³-hybridized carbons (Fsp3) is 0.500. The Bertz CT molecular complexity index is 858. The smallest absolute Gasteiger partial charge is 0.543 e. The van der Waals surface area contributed by atoms with Crippen molar-refractivity contribution in [2.24, 2.45) is 0 Å². The van der Waals surface area contributed by atoms with Crippen LogP contribution in [0.15, 0.2) is 17.0 Å². The molecule has 0 aliphatic carbocycles. The molecule has 11 heteroatoms. The number of carboxylic acids is 1. The molecule has 27 heavy (non-hydrogen) atoms. The van der Waals surface area contributed by atoms with Gasteiger partial charge in [-0.2, -0.15) is 0 Å². The first-order valence-corrected chi connectivity index (χ1v) is 8.93. The first-order valence-electron chi connectivity index (χ1n) is 8.13. The van der Waals surface area contributed by atoms with Crippen LogP contribution in [0.3, 0.4) is 0 Å². The summed E-state index contributed by atoms with van der Waals surface area (Å²) in [4.78, 5) is 35.4. The first-order chi connectivity index (χ1) is 12.1. The molecule has 0 saturated carbocycles. The average molecular weight is 432 g/mol. The summed E-state index contributed by atoms with van der Waals surface area (Å²) in [5, 5.41) is 11.1. The van der Waals surface area contributed by atoms with Crippen molar-refractivity contribution in [3.8, 4) is 0 Å². The van der Waals surface area contributed by atoms with Crippen LogP contribution in [0.25, 0.3) is 5.65 Å². The molecule has 0 bridgehead atoms. The number of nitrogens with zero attached hydrogens (tertiary/aromatic N) is 5. The van der Waals surface area contributed by atoms with Gasteiger partial charge in [0.05, 0.1) is 5.97 Å². The van der Waals surface area contributed by atoms with Crippen LogP contribution in [-0.4, -0.2) is 63.1 Å².